The average Bonchev–Trinajstić information content (AvgIpc) is 2.53. The van der Waals surface area contributed by atoms with Crippen LogP contribution >= 0.6 is 0 Å². The lowest BCUT2D eigenvalue weighted by molar-refractivity contribution is 0.599. The molecule has 0 N–H and O–H groups in total. The molecule has 0 radical (unpaired) electrons. The van der Waals surface area contributed by atoms with Crippen LogP contribution in [-0.2, 0) is 16.4 Å². The number of benzene rings is 1. The van der Waals surface area contributed by atoms with Gasteiger partial charge in [0.1, 0.15) is 0 Å². The molecule has 0 fully saturated rings. The Hall–Kier alpha value is -1.95. The first-order valence-electron chi connectivity index (χ1n) is 8.06. The first kappa shape index (κ1) is 18.4. The molecule has 0 spiro atoms. The molecule has 6 heteroatoms. The normalized spacial score (nSPS) is 11.8. The van der Waals surface area contributed by atoms with Gasteiger partial charge in [-0.3, -0.25) is 0 Å². The minimum Gasteiger partial charge on any atom is -0.241 e. The zero-order valence-corrected chi connectivity index (χ0v) is 16.0. The van der Waals surface area contributed by atoms with Gasteiger partial charge in [0.25, 0.3) is 0 Å². The highest BCUT2D eigenvalue weighted by atomic mass is 32.2. The lowest BCUT2D eigenvalue weighted by atomic mass is 9.99. The second kappa shape index (κ2) is 6.89. The van der Waals surface area contributed by atoms with Gasteiger partial charge in [-0.25, -0.2) is 22.7 Å². The third-order valence-corrected chi connectivity index (χ3v) is 5.29. The molecule has 0 aliphatic carbocycles. The van der Waals surface area contributed by atoms with E-state index < -0.39 is 10.0 Å². The third-order valence-electron chi connectivity index (χ3n) is 4.13. The Bertz CT molecular complexity index is 828. The molecule has 0 unspecified atom stereocenters. The summed E-state index contributed by atoms with van der Waals surface area (Å²) < 4.78 is 24.9. The number of rotatable bonds is 5. The smallest absolute Gasteiger partial charge is 0.239 e. The van der Waals surface area contributed by atoms with Crippen molar-refractivity contribution in [2.75, 3.05) is 17.6 Å². The number of hydrogen-bond acceptors (Lipinski definition) is 4. The van der Waals surface area contributed by atoms with Crippen LogP contribution in [0.1, 0.15) is 43.5 Å². The van der Waals surface area contributed by atoms with E-state index in [4.69, 9.17) is 0 Å². The van der Waals surface area contributed by atoms with E-state index in [1.807, 2.05) is 32.9 Å². The predicted octanol–water partition coefficient (Wildman–Crippen LogP) is 3.53. The van der Waals surface area contributed by atoms with E-state index in [2.05, 4.69) is 29.0 Å². The maximum absolute atomic E-state index is 11.9. The fourth-order valence-corrected chi connectivity index (χ4v) is 2.93. The number of hydrogen-bond donors (Lipinski definition) is 0. The molecule has 2 rings (SSSR count). The topological polar surface area (TPSA) is 63.2 Å². The molecule has 2 aromatic rings. The van der Waals surface area contributed by atoms with Gasteiger partial charge in [0, 0.05) is 12.6 Å². The van der Waals surface area contributed by atoms with E-state index in [-0.39, 0.29) is 11.9 Å². The molecule has 0 atom stereocenters. The molecule has 0 saturated heterocycles. The molecule has 0 aliphatic rings. The Morgan fingerprint density at radius 2 is 1.71 bits per heavy atom. The standard InChI is InChI=1S/C18H25N3O2S/c1-7-14-8-10-15(11-9-14)17-13(4)16(12(2)3)19-18(20-17)21(5)24(6,22)23/h8-12H,7H2,1-6H3. The molecule has 130 valence electrons. The van der Waals surface area contributed by atoms with E-state index in [9.17, 15) is 8.42 Å². The van der Waals surface area contributed by atoms with E-state index >= 15 is 0 Å². The van der Waals surface area contributed by atoms with Crippen LogP contribution in [0, 0.1) is 6.92 Å². The number of anilines is 1. The van der Waals surface area contributed by atoms with Crippen molar-refractivity contribution in [3.8, 4) is 11.3 Å². The molecular weight excluding hydrogens is 322 g/mol. The molecule has 24 heavy (non-hydrogen) atoms. The van der Waals surface area contributed by atoms with Crippen molar-refractivity contribution in [2.45, 2.75) is 40.0 Å². The summed E-state index contributed by atoms with van der Waals surface area (Å²) in [6, 6.07) is 8.21. The van der Waals surface area contributed by atoms with E-state index in [1.165, 1.54) is 12.6 Å². The average molecular weight is 347 g/mol. The monoisotopic (exact) mass is 347 g/mol. The van der Waals surface area contributed by atoms with Crippen molar-refractivity contribution in [1.29, 1.82) is 0 Å². The van der Waals surface area contributed by atoms with Crippen LogP contribution in [0.15, 0.2) is 24.3 Å². The highest BCUT2D eigenvalue weighted by Crippen LogP contribution is 2.29. The van der Waals surface area contributed by atoms with Gasteiger partial charge in [-0.05, 0) is 30.4 Å². The fraction of sp³-hybridized carbons (Fsp3) is 0.444. The van der Waals surface area contributed by atoms with Crippen molar-refractivity contribution >= 4 is 16.0 Å². The van der Waals surface area contributed by atoms with Crippen LogP contribution in [0.3, 0.4) is 0 Å². The summed E-state index contributed by atoms with van der Waals surface area (Å²) in [7, 11) is -1.93. The van der Waals surface area contributed by atoms with Crippen LogP contribution in [0.2, 0.25) is 0 Å². The molecule has 5 nitrogen and oxygen atoms in total. The summed E-state index contributed by atoms with van der Waals surface area (Å²) in [5.74, 6) is 0.384. The lowest BCUT2D eigenvalue weighted by Gasteiger charge is -2.20. The molecule has 0 saturated carbocycles. The molecule has 1 aromatic heterocycles. The highest BCUT2D eigenvalue weighted by Gasteiger charge is 2.20. The van der Waals surface area contributed by atoms with Gasteiger partial charge in [-0.1, -0.05) is 45.0 Å². The number of aromatic nitrogens is 2. The number of sulfonamides is 1. The van der Waals surface area contributed by atoms with Crippen LogP contribution in [0.4, 0.5) is 5.95 Å². The summed E-state index contributed by atoms with van der Waals surface area (Å²) in [5.41, 5.74) is 4.85. The van der Waals surface area contributed by atoms with E-state index in [0.29, 0.717) is 0 Å². The van der Waals surface area contributed by atoms with Crippen LogP contribution < -0.4 is 4.31 Å². The zero-order valence-electron chi connectivity index (χ0n) is 15.2. The third kappa shape index (κ3) is 3.75. The van der Waals surface area contributed by atoms with Gasteiger partial charge in [-0.15, -0.1) is 0 Å². The quantitative estimate of drug-likeness (QED) is 0.830. The second-order valence-electron chi connectivity index (χ2n) is 6.32. The summed E-state index contributed by atoms with van der Waals surface area (Å²) >= 11 is 0. The minimum atomic E-state index is -3.41. The Kier molecular flexibility index (Phi) is 5.28. The molecule has 1 heterocycles. The summed E-state index contributed by atoms with van der Waals surface area (Å²) in [6.45, 7) is 8.19. The van der Waals surface area contributed by atoms with Gasteiger partial charge >= 0.3 is 0 Å². The van der Waals surface area contributed by atoms with Crippen LogP contribution in [0.5, 0.6) is 0 Å². The Balaban J connectivity index is 2.67. The Morgan fingerprint density at radius 1 is 1.12 bits per heavy atom. The Morgan fingerprint density at radius 3 is 2.17 bits per heavy atom. The van der Waals surface area contributed by atoms with Crippen molar-refractivity contribution < 1.29 is 8.42 Å². The molecular formula is C18H25N3O2S. The summed E-state index contributed by atoms with van der Waals surface area (Å²) in [6.07, 6.45) is 2.13. The first-order valence-corrected chi connectivity index (χ1v) is 9.91. The fourth-order valence-electron chi connectivity index (χ4n) is 2.55. The molecule has 1 aromatic carbocycles. The van der Waals surface area contributed by atoms with Gasteiger partial charge < -0.3 is 0 Å². The maximum atomic E-state index is 11.9. The molecule has 0 aliphatic heterocycles. The zero-order chi connectivity index (χ0) is 18.1. The van der Waals surface area contributed by atoms with Crippen LogP contribution in [-0.4, -0.2) is 31.7 Å². The molecule has 0 bridgehead atoms. The van der Waals surface area contributed by atoms with E-state index in [1.54, 1.807) is 0 Å². The highest BCUT2D eigenvalue weighted by molar-refractivity contribution is 7.92. The number of nitrogens with zero attached hydrogens (tertiary/aromatic N) is 3. The van der Waals surface area contributed by atoms with Crippen LogP contribution in [0.25, 0.3) is 11.3 Å². The van der Waals surface area contributed by atoms with E-state index in [0.717, 1.165) is 39.5 Å². The van der Waals surface area contributed by atoms with Crippen molar-refractivity contribution in [3.63, 3.8) is 0 Å². The van der Waals surface area contributed by atoms with Gasteiger partial charge in [0.2, 0.25) is 16.0 Å². The Labute approximate surface area is 144 Å². The van der Waals surface area contributed by atoms with Gasteiger partial charge in [0.05, 0.1) is 17.6 Å². The predicted molar refractivity (Wildman–Crippen MR) is 98.9 cm³/mol. The summed E-state index contributed by atoms with van der Waals surface area (Å²) in [5, 5.41) is 0. The van der Waals surface area contributed by atoms with Crippen molar-refractivity contribution in [1.82, 2.24) is 9.97 Å². The largest absolute Gasteiger partial charge is 0.241 e. The second-order valence-corrected chi connectivity index (χ2v) is 8.33. The lowest BCUT2D eigenvalue weighted by Crippen LogP contribution is -2.27. The van der Waals surface area contributed by atoms with Crippen molar-refractivity contribution in [3.05, 3.63) is 41.1 Å². The first-order chi connectivity index (χ1) is 11.1. The maximum Gasteiger partial charge on any atom is 0.239 e. The molecule has 0 amide bonds. The van der Waals surface area contributed by atoms with Crippen molar-refractivity contribution in [2.24, 2.45) is 0 Å². The van der Waals surface area contributed by atoms with Gasteiger partial charge in [0.15, 0.2) is 0 Å². The SMILES string of the molecule is CCc1ccc(-c2nc(N(C)S(C)(=O)=O)nc(C(C)C)c2C)cc1. The van der Waals surface area contributed by atoms with Gasteiger partial charge in [-0.2, -0.15) is 0 Å². The number of aryl methyl sites for hydroxylation is 1. The summed E-state index contributed by atoms with van der Waals surface area (Å²) in [4.78, 5) is 9.04. The minimum absolute atomic E-state index is 0.174.